The molecule has 2 amide bonds. The number of hydrogen-bond donors (Lipinski definition) is 0. The topological polar surface area (TPSA) is 37.4 Å². The van der Waals surface area contributed by atoms with Crippen LogP contribution in [0, 0.1) is 0 Å². The van der Waals surface area contributed by atoms with E-state index in [4.69, 9.17) is 0 Å². The quantitative estimate of drug-likeness (QED) is 0.589. The molecule has 0 atom stereocenters. The van der Waals surface area contributed by atoms with Crippen LogP contribution in [0.25, 0.3) is 6.08 Å². The average Bonchev–Trinajstić information content (AvgIpc) is 2.64. The van der Waals surface area contributed by atoms with Crippen molar-refractivity contribution in [2.24, 2.45) is 0 Å². The van der Waals surface area contributed by atoms with Gasteiger partial charge in [-0.05, 0) is 11.6 Å². The van der Waals surface area contributed by atoms with Crippen LogP contribution < -0.4 is 0 Å². The molecule has 0 aliphatic carbocycles. The molecule has 1 aromatic rings. The van der Waals surface area contributed by atoms with Gasteiger partial charge < -0.3 is 0 Å². The molecule has 2 rings (SSSR count). The summed E-state index contributed by atoms with van der Waals surface area (Å²) >= 11 is 5.33. The number of hydrogen-bond acceptors (Lipinski definition) is 4. The van der Waals surface area contributed by atoms with Crippen LogP contribution in [0.4, 0.5) is 13.2 Å². The summed E-state index contributed by atoms with van der Waals surface area (Å²) in [7, 11) is 0. The van der Waals surface area contributed by atoms with Crippen molar-refractivity contribution in [3.63, 3.8) is 0 Å². The maximum atomic E-state index is 12.4. The highest BCUT2D eigenvalue weighted by Crippen LogP contribution is 2.35. The van der Waals surface area contributed by atoms with Crippen molar-refractivity contribution in [2.75, 3.05) is 0 Å². The van der Waals surface area contributed by atoms with E-state index in [-0.39, 0.29) is 9.81 Å². The monoisotopic (exact) mass is 317 g/mol. The standard InChI is InChI=1S/C12H6F3NO2S2/c13-12(14,15)10(18)16-9(17)8(20-11(16)19)6-7-4-2-1-3-5-7/h1-6H/b8-6-. The lowest BCUT2D eigenvalue weighted by molar-refractivity contribution is -0.182. The molecule has 1 aliphatic rings. The summed E-state index contributed by atoms with van der Waals surface area (Å²) in [4.78, 5) is 22.9. The van der Waals surface area contributed by atoms with Gasteiger partial charge in [0.05, 0.1) is 4.91 Å². The minimum atomic E-state index is -5.14. The zero-order valence-electron chi connectivity index (χ0n) is 9.68. The minimum Gasteiger partial charge on any atom is -0.268 e. The van der Waals surface area contributed by atoms with Gasteiger partial charge in [0.15, 0.2) is 4.32 Å². The lowest BCUT2D eigenvalue weighted by atomic mass is 10.2. The summed E-state index contributed by atoms with van der Waals surface area (Å²) < 4.78 is 36.7. The molecule has 0 radical (unpaired) electrons. The molecule has 8 heteroatoms. The molecule has 0 N–H and O–H groups in total. The van der Waals surface area contributed by atoms with Crippen LogP contribution in [0.15, 0.2) is 35.2 Å². The molecule has 1 aromatic carbocycles. The maximum absolute atomic E-state index is 12.4. The van der Waals surface area contributed by atoms with Gasteiger partial charge in [0, 0.05) is 0 Å². The fourth-order valence-electron chi connectivity index (χ4n) is 1.47. The highest BCUT2D eigenvalue weighted by molar-refractivity contribution is 8.26. The molecule has 104 valence electrons. The van der Waals surface area contributed by atoms with E-state index in [1.807, 2.05) is 0 Å². The van der Waals surface area contributed by atoms with Crippen molar-refractivity contribution in [1.82, 2.24) is 4.90 Å². The number of amides is 2. The Kier molecular flexibility index (Phi) is 3.96. The Morgan fingerprint density at radius 3 is 2.40 bits per heavy atom. The van der Waals surface area contributed by atoms with Crippen molar-refractivity contribution in [1.29, 1.82) is 0 Å². The summed E-state index contributed by atoms with van der Waals surface area (Å²) in [6.07, 6.45) is -3.74. The summed E-state index contributed by atoms with van der Waals surface area (Å²) in [5.74, 6) is -3.32. The van der Waals surface area contributed by atoms with E-state index in [0.29, 0.717) is 17.3 Å². The number of carbonyl (C=O) groups is 2. The third-order valence-corrected chi connectivity index (χ3v) is 3.64. The highest BCUT2D eigenvalue weighted by atomic mass is 32.2. The van der Waals surface area contributed by atoms with Crippen molar-refractivity contribution >= 4 is 46.2 Å². The van der Waals surface area contributed by atoms with Gasteiger partial charge in [0.1, 0.15) is 0 Å². The Balaban J connectivity index is 2.30. The van der Waals surface area contributed by atoms with Crippen LogP contribution in [-0.4, -0.2) is 27.2 Å². The van der Waals surface area contributed by atoms with Gasteiger partial charge in [-0.25, -0.2) is 4.90 Å². The summed E-state index contributed by atoms with van der Waals surface area (Å²) in [5.41, 5.74) is 0.632. The van der Waals surface area contributed by atoms with E-state index < -0.39 is 22.3 Å². The molecule has 0 aromatic heterocycles. The Hall–Kier alpha value is -1.67. The number of alkyl halides is 3. The molecule has 0 saturated carbocycles. The Labute approximate surface area is 121 Å². The lowest BCUT2D eigenvalue weighted by Crippen LogP contribution is -2.43. The molecule has 0 unspecified atom stereocenters. The first-order valence-corrected chi connectivity index (χ1v) is 6.47. The third kappa shape index (κ3) is 2.91. The third-order valence-electron chi connectivity index (χ3n) is 2.34. The number of rotatable bonds is 1. The van der Waals surface area contributed by atoms with E-state index >= 15 is 0 Å². The number of imide groups is 1. The SMILES string of the molecule is O=C1/C(=C/c2ccccc2)SC(=S)N1C(=O)C(F)(F)F. The fourth-order valence-corrected chi connectivity index (χ4v) is 2.72. The first kappa shape index (κ1) is 14.7. The van der Waals surface area contributed by atoms with Gasteiger partial charge in [-0.2, -0.15) is 13.2 Å². The fraction of sp³-hybridized carbons (Fsp3) is 0.0833. The number of thiocarbonyl (C=S) groups is 1. The largest absolute Gasteiger partial charge is 0.472 e. The molecule has 1 saturated heterocycles. The van der Waals surface area contributed by atoms with Gasteiger partial charge in [0.2, 0.25) is 0 Å². The molecular formula is C12H6F3NO2S2. The molecule has 1 aliphatic heterocycles. The highest BCUT2D eigenvalue weighted by Gasteiger charge is 2.49. The first-order valence-electron chi connectivity index (χ1n) is 5.25. The van der Waals surface area contributed by atoms with Crippen molar-refractivity contribution < 1.29 is 22.8 Å². The lowest BCUT2D eigenvalue weighted by Gasteiger charge is -2.13. The zero-order chi connectivity index (χ0) is 14.9. The minimum absolute atomic E-state index is 0.0150. The van der Waals surface area contributed by atoms with E-state index in [1.165, 1.54) is 6.08 Å². The molecule has 1 heterocycles. The van der Waals surface area contributed by atoms with Gasteiger partial charge in [-0.1, -0.05) is 54.3 Å². The molecule has 20 heavy (non-hydrogen) atoms. The van der Waals surface area contributed by atoms with Gasteiger partial charge in [-0.3, -0.25) is 9.59 Å². The van der Waals surface area contributed by atoms with Gasteiger partial charge >= 0.3 is 12.1 Å². The Morgan fingerprint density at radius 2 is 1.85 bits per heavy atom. The van der Waals surface area contributed by atoms with Crippen LogP contribution in [0.3, 0.4) is 0 Å². The average molecular weight is 317 g/mol. The smallest absolute Gasteiger partial charge is 0.268 e. The van der Waals surface area contributed by atoms with Crippen molar-refractivity contribution in [3.05, 3.63) is 40.8 Å². The number of halogens is 3. The Morgan fingerprint density at radius 1 is 1.25 bits per heavy atom. The predicted octanol–water partition coefficient (Wildman–Crippen LogP) is 2.98. The normalized spacial score (nSPS) is 17.9. The molecule has 3 nitrogen and oxygen atoms in total. The maximum Gasteiger partial charge on any atom is 0.472 e. The first-order chi connectivity index (χ1) is 9.30. The van der Waals surface area contributed by atoms with Crippen LogP contribution in [0.1, 0.15) is 5.56 Å². The van der Waals surface area contributed by atoms with E-state index in [1.54, 1.807) is 30.3 Å². The van der Waals surface area contributed by atoms with Crippen molar-refractivity contribution in [2.45, 2.75) is 6.18 Å². The molecule has 1 fully saturated rings. The van der Waals surface area contributed by atoms with E-state index in [0.717, 1.165) is 0 Å². The number of carbonyl (C=O) groups excluding carboxylic acids is 2. The second-order valence-corrected chi connectivity index (χ2v) is 5.41. The summed E-state index contributed by atoms with van der Waals surface area (Å²) in [6, 6.07) is 8.55. The number of thioether (sulfide) groups is 1. The second kappa shape index (κ2) is 5.37. The van der Waals surface area contributed by atoms with Crippen LogP contribution in [-0.2, 0) is 9.59 Å². The van der Waals surface area contributed by atoms with E-state index in [9.17, 15) is 22.8 Å². The summed E-state index contributed by atoms with van der Waals surface area (Å²) in [5, 5.41) is 0. The number of nitrogens with zero attached hydrogens (tertiary/aromatic N) is 1. The molecule has 0 bridgehead atoms. The predicted molar refractivity (Wildman–Crippen MR) is 72.5 cm³/mol. The van der Waals surface area contributed by atoms with Crippen LogP contribution >= 0.6 is 24.0 Å². The second-order valence-electron chi connectivity index (χ2n) is 3.73. The van der Waals surface area contributed by atoms with E-state index in [2.05, 4.69) is 12.2 Å². The van der Waals surface area contributed by atoms with Gasteiger partial charge in [0.25, 0.3) is 5.91 Å². The summed E-state index contributed by atoms with van der Waals surface area (Å²) in [6.45, 7) is 0. The Bertz CT molecular complexity index is 611. The van der Waals surface area contributed by atoms with Crippen molar-refractivity contribution in [3.8, 4) is 0 Å². The zero-order valence-corrected chi connectivity index (χ0v) is 11.3. The molecular weight excluding hydrogens is 311 g/mol. The van der Waals surface area contributed by atoms with Crippen LogP contribution in [0.5, 0.6) is 0 Å². The molecule has 0 spiro atoms. The van der Waals surface area contributed by atoms with Gasteiger partial charge in [-0.15, -0.1) is 0 Å². The number of benzene rings is 1. The van der Waals surface area contributed by atoms with Crippen LogP contribution in [0.2, 0.25) is 0 Å².